The number of thiophene rings is 1. The van der Waals surface area contributed by atoms with Gasteiger partial charge in [0.2, 0.25) is 5.91 Å². The van der Waals surface area contributed by atoms with Crippen molar-refractivity contribution in [1.29, 1.82) is 0 Å². The summed E-state index contributed by atoms with van der Waals surface area (Å²) in [5.41, 5.74) is 8.72. The third-order valence-electron chi connectivity index (χ3n) is 4.64. The topological polar surface area (TPSA) is 77.2 Å². The molecule has 1 unspecified atom stereocenters. The number of nitrogens with zero attached hydrogens (tertiary/aromatic N) is 1. The van der Waals surface area contributed by atoms with E-state index in [2.05, 4.69) is 27.8 Å². The van der Waals surface area contributed by atoms with Crippen LogP contribution < -0.4 is 11.1 Å². The van der Waals surface area contributed by atoms with Crippen LogP contribution in [0.15, 0.2) is 70.4 Å². The number of nitrogens with one attached hydrogen (secondary N) is 1. The molecule has 29 heavy (non-hydrogen) atoms. The number of fused-ring (bicyclic) bond motifs is 2. The molecule has 5 nitrogen and oxygen atoms in total. The SMILES string of the molecule is Nc1ccc(/C=C/C(=O)NCC2CC3=CC(c4cccs4)=CC(Cl)=C(C3)O2)cn1. The third-order valence-corrected chi connectivity index (χ3v) is 5.88. The minimum Gasteiger partial charge on any atom is -0.491 e. The van der Waals surface area contributed by atoms with E-state index in [9.17, 15) is 4.79 Å². The van der Waals surface area contributed by atoms with Gasteiger partial charge >= 0.3 is 0 Å². The molecule has 1 amide bonds. The minimum atomic E-state index is -0.189. The van der Waals surface area contributed by atoms with Gasteiger partial charge in [0.05, 0.1) is 11.6 Å². The van der Waals surface area contributed by atoms with E-state index in [-0.39, 0.29) is 12.0 Å². The number of anilines is 1. The molecule has 3 N–H and O–H groups in total. The number of carbonyl (C=O) groups is 1. The van der Waals surface area contributed by atoms with Crippen LogP contribution in [0.25, 0.3) is 11.6 Å². The number of pyridine rings is 1. The smallest absolute Gasteiger partial charge is 0.244 e. The Balaban J connectivity index is 1.38. The van der Waals surface area contributed by atoms with Gasteiger partial charge in [-0.25, -0.2) is 4.98 Å². The van der Waals surface area contributed by atoms with Crippen LogP contribution in [-0.2, 0) is 9.53 Å². The fourth-order valence-corrected chi connectivity index (χ4v) is 4.19. The highest BCUT2D eigenvalue weighted by atomic mass is 35.5. The molecule has 2 aliphatic rings. The quantitative estimate of drug-likeness (QED) is 0.691. The van der Waals surface area contributed by atoms with Crippen LogP contribution in [0, 0.1) is 0 Å². The van der Waals surface area contributed by atoms with Crippen LogP contribution in [0.3, 0.4) is 0 Å². The van der Waals surface area contributed by atoms with Gasteiger partial charge in [0.15, 0.2) is 0 Å². The van der Waals surface area contributed by atoms with Gasteiger partial charge in [-0.15, -0.1) is 11.3 Å². The van der Waals surface area contributed by atoms with Crippen molar-refractivity contribution in [2.75, 3.05) is 12.3 Å². The maximum absolute atomic E-state index is 12.2. The summed E-state index contributed by atoms with van der Waals surface area (Å²) in [6.07, 6.45) is 10.2. The summed E-state index contributed by atoms with van der Waals surface area (Å²) >= 11 is 8.17. The van der Waals surface area contributed by atoms with E-state index in [1.54, 1.807) is 35.7 Å². The summed E-state index contributed by atoms with van der Waals surface area (Å²) in [7, 11) is 0. The second kappa shape index (κ2) is 8.68. The number of hydrogen-bond donors (Lipinski definition) is 2. The van der Waals surface area contributed by atoms with Crippen LogP contribution in [0.2, 0.25) is 0 Å². The number of amides is 1. The largest absolute Gasteiger partial charge is 0.491 e. The highest BCUT2D eigenvalue weighted by Gasteiger charge is 2.26. The maximum atomic E-state index is 12.2. The van der Waals surface area contributed by atoms with Gasteiger partial charge in [0, 0.05) is 30.0 Å². The molecule has 1 aliphatic carbocycles. The summed E-state index contributed by atoms with van der Waals surface area (Å²) in [6, 6.07) is 7.61. The number of nitrogens with two attached hydrogens (primary N) is 1. The van der Waals surface area contributed by atoms with E-state index in [1.165, 1.54) is 16.5 Å². The van der Waals surface area contributed by atoms with Gasteiger partial charge in [0.1, 0.15) is 17.7 Å². The number of aromatic nitrogens is 1. The molecule has 4 rings (SSSR count). The number of halogens is 1. The lowest BCUT2D eigenvalue weighted by atomic mass is 9.99. The van der Waals surface area contributed by atoms with Crippen LogP contribution in [-0.4, -0.2) is 23.5 Å². The molecule has 3 heterocycles. The Kier molecular flexibility index (Phi) is 5.83. The molecule has 1 aliphatic heterocycles. The molecule has 0 aromatic carbocycles. The molecule has 7 heteroatoms. The van der Waals surface area contributed by atoms with Crippen molar-refractivity contribution < 1.29 is 9.53 Å². The second-order valence-electron chi connectivity index (χ2n) is 6.87. The molecule has 148 valence electrons. The number of nitrogen functional groups attached to an aromatic ring is 1. The second-order valence-corrected chi connectivity index (χ2v) is 8.22. The molecule has 0 spiro atoms. The molecule has 2 bridgehead atoms. The van der Waals surface area contributed by atoms with Gasteiger partial charge in [-0.3, -0.25) is 4.79 Å². The molecule has 0 saturated carbocycles. The van der Waals surface area contributed by atoms with E-state index in [0.717, 1.165) is 23.3 Å². The van der Waals surface area contributed by atoms with E-state index in [1.807, 2.05) is 12.1 Å². The third kappa shape index (κ3) is 4.96. The van der Waals surface area contributed by atoms with Crippen LogP contribution in [0.5, 0.6) is 0 Å². The first-order chi connectivity index (χ1) is 14.1. The zero-order valence-corrected chi connectivity index (χ0v) is 17.2. The van der Waals surface area contributed by atoms with E-state index in [4.69, 9.17) is 22.1 Å². The summed E-state index contributed by atoms with van der Waals surface area (Å²) in [5, 5.41) is 5.56. The van der Waals surface area contributed by atoms with Gasteiger partial charge in [-0.05, 0) is 46.9 Å². The van der Waals surface area contributed by atoms with Crippen LogP contribution in [0.1, 0.15) is 23.3 Å². The standard InChI is InChI=1S/C22H20ClN3O2S/c23-18-11-16(20-2-1-7-29-20)8-15-9-17(28-19(18)10-15)13-26-22(27)6-4-14-3-5-21(24)25-12-14/h1-8,11-12,17H,9-10,13H2,(H2,24,25)(H,26,27)/b6-4+. The molecule has 1 fully saturated rings. The number of rotatable bonds is 5. The molecule has 2 aromatic heterocycles. The Morgan fingerprint density at radius 3 is 3.03 bits per heavy atom. The van der Waals surface area contributed by atoms with Gasteiger partial charge < -0.3 is 15.8 Å². The predicted molar refractivity (Wildman–Crippen MR) is 118 cm³/mol. The monoisotopic (exact) mass is 425 g/mol. The highest BCUT2D eigenvalue weighted by Crippen LogP contribution is 2.37. The lowest BCUT2D eigenvalue weighted by Gasteiger charge is -2.28. The first-order valence-electron chi connectivity index (χ1n) is 9.24. The van der Waals surface area contributed by atoms with Crippen LogP contribution in [0.4, 0.5) is 5.82 Å². The average Bonchev–Trinajstić information content (AvgIpc) is 3.22. The van der Waals surface area contributed by atoms with Crippen molar-refractivity contribution >= 4 is 46.3 Å². The summed E-state index contributed by atoms with van der Waals surface area (Å²) in [4.78, 5) is 17.3. The zero-order chi connectivity index (χ0) is 20.2. The summed E-state index contributed by atoms with van der Waals surface area (Å²) in [6.45, 7) is 0.405. The summed E-state index contributed by atoms with van der Waals surface area (Å²) in [5.74, 6) is 1.02. The first-order valence-corrected chi connectivity index (χ1v) is 10.5. The van der Waals surface area contributed by atoms with Crippen molar-refractivity contribution in [2.45, 2.75) is 18.9 Å². The molecule has 0 radical (unpaired) electrons. The van der Waals surface area contributed by atoms with Crippen molar-refractivity contribution in [3.05, 3.63) is 80.9 Å². The Hall–Kier alpha value is -2.83. The summed E-state index contributed by atoms with van der Waals surface area (Å²) < 4.78 is 6.04. The highest BCUT2D eigenvalue weighted by molar-refractivity contribution is 7.11. The minimum absolute atomic E-state index is 0.148. The fourth-order valence-electron chi connectivity index (χ4n) is 3.24. The van der Waals surface area contributed by atoms with Crippen LogP contribution >= 0.6 is 22.9 Å². The Bertz CT molecular complexity index is 1020. The van der Waals surface area contributed by atoms with E-state index in [0.29, 0.717) is 23.8 Å². The predicted octanol–water partition coefficient (Wildman–Crippen LogP) is 4.51. The number of ether oxygens (including phenoxy) is 1. The van der Waals surface area contributed by atoms with Crippen molar-refractivity contribution in [1.82, 2.24) is 10.3 Å². The van der Waals surface area contributed by atoms with Crippen molar-refractivity contribution in [3.63, 3.8) is 0 Å². The average molecular weight is 426 g/mol. The van der Waals surface area contributed by atoms with E-state index >= 15 is 0 Å². The molecule has 1 atom stereocenters. The van der Waals surface area contributed by atoms with Gasteiger partial charge in [-0.1, -0.05) is 29.3 Å². The number of allylic oxidation sites excluding steroid dienone is 5. The maximum Gasteiger partial charge on any atom is 0.244 e. The fraction of sp³-hybridized carbons (Fsp3) is 0.182. The molecule has 2 aromatic rings. The van der Waals surface area contributed by atoms with Crippen molar-refractivity contribution in [2.24, 2.45) is 0 Å². The molecule has 1 saturated heterocycles. The lowest BCUT2D eigenvalue weighted by molar-refractivity contribution is -0.117. The van der Waals surface area contributed by atoms with E-state index < -0.39 is 0 Å². The van der Waals surface area contributed by atoms with Gasteiger partial charge in [0.25, 0.3) is 0 Å². The normalized spacial score (nSPS) is 18.7. The molecular weight excluding hydrogens is 406 g/mol. The molecular formula is C22H20ClN3O2S. The zero-order valence-electron chi connectivity index (χ0n) is 15.6. The van der Waals surface area contributed by atoms with Crippen molar-refractivity contribution in [3.8, 4) is 0 Å². The Labute approximate surface area is 178 Å². The van der Waals surface area contributed by atoms with Gasteiger partial charge in [-0.2, -0.15) is 0 Å². The first kappa shape index (κ1) is 19.5. The lowest BCUT2D eigenvalue weighted by Crippen LogP contribution is -2.34. The number of carbonyl (C=O) groups excluding carboxylic acids is 1. The Morgan fingerprint density at radius 1 is 1.38 bits per heavy atom. The Morgan fingerprint density at radius 2 is 2.28 bits per heavy atom. The number of hydrogen-bond acceptors (Lipinski definition) is 5.